The maximum absolute atomic E-state index is 13.7. The van der Waals surface area contributed by atoms with Crippen molar-refractivity contribution in [2.75, 3.05) is 25.3 Å². The molecular formula is C25H29FN4O3S. The average Bonchev–Trinajstić information content (AvgIpc) is 3.29. The Balaban J connectivity index is 1.52. The number of carbonyl (C=O) groups excluding carboxylic acids is 1. The number of anilines is 1. The van der Waals surface area contributed by atoms with Crippen LogP contribution in [-0.2, 0) is 6.54 Å². The predicted octanol–water partition coefficient (Wildman–Crippen LogP) is 5.53. The normalized spacial score (nSPS) is 14.1. The molecule has 2 aromatic carbocycles. The molecule has 9 heteroatoms. The summed E-state index contributed by atoms with van der Waals surface area (Å²) >= 11 is 1.33. The van der Waals surface area contributed by atoms with Gasteiger partial charge >= 0.3 is 0 Å². The van der Waals surface area contributed by atoms with E-state index in [1.807, 2.05) is 24.3 Å². The first kappa shape index (κ1) is 24.1. The van der Waals surface area contributed by atoms with Crippen LogP contribution in [0.3, 0.4) is 0 Å². The number of aromatic nitrogens is 3. The molecule has 1 aliphatic carbocycles. The molecule has 0 aliphatic heterocycles. The zero-order chi connectivity index (χ0) is 23.9. The quantitative estimate of drug-likeness (QED) is 0.300. The fourth-order valence-electron chi connectivity index (χ4n) is 4.25. The summed E-state index contributed by atoms with van der Waals surface area (Å²) in [5.74, 6) is 1.41. The Hall–Kier alpha value is -3.07. The molecule has 180 valence electrons. The number of nitrogens with zero attached hydrogens (tertiary/aromatic N) is 3. The fourth-order valence-corrected chi connectivity index (χ4v) is 5.16. The van der Waals surface area contributed by atoms with Crippen molar-refractivity contribution in [3.63, 3.8) is 0 Å². The molecule has 1 aromatic heterocycles. The average molecular weight is 485 g/mol. The number of methoxy groups -OCH3 is 2. The summed E-state index contributed by atoms with van der Waals surface area (Å²) in [4.78, 5) is 12.9. The van der Waals surface area contributed by atoms with Gasteiger partial charge in [0, 0.05) is 17.8 Å². The Morgan fingerprint density at radius 3 is 2.71 bits per heavy atom. The Morgan fingerprint density at radius 2 is 1.94 bits per heavy atom. The number of ketones is 1. The van der Waals surface area contributed by atoms with Crippen molar-refractivity contribution in [1.29, 1.82) is 0 Å². The van der Waals surface area contributed by atoms with E-state index in [0.717, 1.165) is 42.9 Å². The minimum atomic E-state index is -0.467. The summed E-state index contributed by atoms with van der Waals surface area (Å²) in [5, 5.41) is 13.0. The van der Waals surface area contributed by atoms with Crippen LogP contribution in [-0.4, -0.2) is 40.5 Å². The highest BCUT2D eigenvalue weighted by atomic mass is 32.2. The SMILES string of the molecule is COc1cccc(NCc2nnc(SCC(=O)c3cc(F)ccc3OC)n2C2CCCCC2)c1. The molecule has 0 radical (unpaired) electrons. The third-order valence-electron chi connectivity index (χ3n) is 5.99. The molecule has 0 bridgehead atoms. The smallest absolute Gasteiger partial charge is 0.191 e. The first-order chi connectivity index (χ1) is 16.6. The van der Waals surface area contributed by atoms with Gasteiger partial charge in [-0.25, -0.2) is 4.39 Å². The molecule has 0 unspecified atom stereocenters. The van der Waals surface area contributed by atoms with E-state index in [0.29, 0.717) is 23.5 Å². The van der Waals surface area contributed by atoms with Crippen LogP contribution in [0.1, 0.15) is 54.3 Å². The van der Waals surface area contributed by atoms with Crippen LogP contribution >= 0.6 is 11.8 Å². The molecule has 3 aromatic rings. The van der Waals surface area contributed by atoms with Gasteiger partial charge < -0.3 is 19.4 Å². The molecule has 1 aliphatic rings. The fraction of sp³-hybridized carbons (Fsp3) is 0.400. The molecule has 0 spiro atoms. The lowest BCUT2D eigenvalue weighted by atomic mass is 9.95. The molecule has 1 heterocycles. The van der Waals surface area contributed by atoms with Gasteiger partial charge in [-0.15, -0.1) is 10.2 Å². The third-order valence-corrected chi connectivity index (χ3v) is 6.93. The summed E-state index contributed by atoms with van der Waals surface area (Å²) in [6.45, 7) is 0.503. The third kappa shape index (κ3) is 5.70. The number of Topliss-reactive ketones (excluding diaryl/α,β-unsaturated/α-hetero) is 1. The van der Waals surface area contributed by atoms with Gasteiger partial charge in [0.1, 0.15) is 17.3 Å². The van der Waals surface area contributed by atoms with Gasteiger partial charge in [0.15, 0.2) is 16.8 Å². The molecule has 1 N–H and O–H groups in total. The second-order valence-corrected chi connectivity index (χ2v) is 9.15. The highest BCUT2D eigenvalue weighted by Gasteiger charge is 2.24. The molecule has 4 rings (SSSR count). The molecule has 0 amide bonds. The van der Waals surface area contributed by atoms with Crippen LogP contribution in [0, 0.1) is 5.82 Å². The lowest BCUT2D eigenvalue weighted by Gasteiger charge is -2.25. The minimum Gasteiger partial charge on any atom is -0.497 e. The molecule has 1 fully saturated rings. The molecular weight excluding hydrogens is 455 g/mol. The summed E-state index contributed by atoms with van der Waals surface area (Å²) in [5.41, 5.74) is 1.17. The maximum atomic E-state index is 13.7. The van der Waals surface area contributed by atoms with Crippen LogP contribution in [0.15, 0.2) is 47.6 Å². The van der Waals surface area contributed by atoms with Gasteiger partial charge in [-0.1, -0.05) is 37.1 Å². The van der Waals surface area contributed by atoms with Crippen molar-refractivity contribution in [3.8, 4) is 11.5 Å². The van der Waals surface area contributed by atoms with Crippen LogP contribution < -0.4 is 14.8 Å². The van der Waals surface area contributed by atoms with Gasteiger partial charge in [0.05, 0.1) is 32.1 Å². The summed E-state index contributed by atoms with van der Waals surface area (Å²) in [7, 11) is 3.11. The van der Waals surface area contributed by atoms with E-state index in [2.05, 4.69) is 20.1 Å². The summed E-state index contributed by atoms with van der Waals surface area (Å²) < 4.78 is 26.5. The van der Waals surface area contributed by atoms with Gasteiger partial charge in [-0.05, 0) is 43.2 Å². The van der Waals surface area contributed by atoms with Crippen LogP contribution in [0.5, 0.6) is 11.5 Å². The molecule has 1 saturated carbocycles. The zero-order valence-corrected chi connectivity index (χ0v) is 20.2. The highest BCUT2D eigenvalue weighted by molar-refractivity contribution is 7.99. The van der Waals surface area contributed by atoms with E-state index in [9.17, 15) is 9.18 Å². The van der Waals surface area contributed by atoms with Crippen molar-refractivity contribution < 1.29 is 18.7 Å². The first-order valence-corrected chi connectivity index (χ1v) is 12.4. The Labute approximate surface area is 203 Å². The van der Waals surface area contributed by atoms with Crippen LogP contribution in [0.2, 0.25) is 0 Å². The molecule has 0 saturated heterocycles. The number of carbonyl (C=O) groups is 1. The molecule has 7 nitrogen and oxygen atoms in total. The van der Waals surface area contributed by atoms with Gasteiger partial charge in [0.25, 0.3) is 0 Å². The highest BCUT2D eigenvalue weighted by Crippen LogP contribution is 2.33. The number of hydrogen-bond acceptors (Lipinski definition) is 7. The number of ether oxygens (including phenoxy) is 2. The van der Waals surface area contributed by atoms with E-state index in [1.165, 1.54) is 43.5 Å². The Morgan fingerprint density at radius 1 is 1.12 bits per heavy atom. The van der Waals surface area contributed by atoms with E-state index >= 15 is 0 Å². The number of benzene rings is 2. The van der Waals surface area contributed by atoms with E-state index in [-0.39, 0.29) is 17.1 Å². The topological polar surface area (TPSA) is 78.3 Å². The first-order valence-electron chi connectivity index (χ1n) is 11.4. The largest absolute Gasteiger partial charge is 0.497 e. The monoisotopic (exact) mass is 484 g/mol. The van der Waals surface area contributed by atoms with Crippen molar-refractivity contribution in [2.45, 2.75) is 49.8 Å². The number of thioether (sulfide) groups is 1. The predicted molar refractivity (Wildman–Crippen MR) is 130 cm³/mol. The van der Waals surface area contributed by atoms with Crippen molar-refractivity contribution in [3.05, 3.63) is 59.7 Å². The zero-order valence-electron chi connectivity index (χ0n) is 19.4. The summed E-state index contributed by atoms with van der Waals surface area (Å²) in [6.07, 6.45) is 5.67. The van der Waals surface area contributed by atoms with Gasteiger partial charge in [-0.2, -0.15) is 0 Å². The number of hydrogen-bond donors (Lipinski definition) is 1. The minimum absolute atomic E-state index is 0.119. The van der Waals surface area contributed by atoms with E-state index in [4.69, 9.17) is 9.47 Å². The molecule has 34 heavy (non-hydrogen) atoms. The van der Waals surface area contributed by atoms with Gasteiger partial charge in [0.2, 0.25) is 0 Å². The second kappa shape index (κ2) is 11.4. The number of nitrogens with one attached hydrogen (secondary N) is 1. The number of halogens is 1. The molecule has 0 atom stereocenters. The van der Waals surface area contributed by atoms with Crippen molar-refractivity contribution in [1.82, 2.24) is 14.8 Å². The van der Waals surface area contributed by atoms with Gasteiger partial charge in [-0.3, -0.25) is 4.79 Å². The second-order valence-electron chi connectivity index (χ2n) is 8.20. The van der Waals surface area contributed by atoms with Crippen LogP contribution in [0.4, 0.5) is 10.1 Å². The summed E-state index contributed by atoms with van der Waals surface area (Å²) in [6, 6.07) is 12.0. The van der Waals surface area contributed by atoms with E-state index in [1.54, 1.807) is 7.11 Å². The van der Waals surface area contributed by atoms with Crippen LogP contribution in [0.25, 0.3) is 0 Å². The lowest BCUT2D eigenvalue weighted by Crippen LogP contribution is -2.18. The standard InChI is InChI=1S/C25H29FN4O3S/c1-32-20-10-6-7-18(14-20)27-15-24-28-29-25(30(24)19-8-4-3-5-9-19)34-16-22(31)21-13-17(26)11-12-23(21)33-2/h6-7,10-14,19,27H,3-5,8-9,15-16H2,1-2H3. The number of rotatable bonds is 10. The Kier molecular flexibility index (Phi) is 8.05. The maximum Gasteiger partial charge on any atom is 0.191 e. The van der Waals surface area contributed by atoms with Crippen molar-refractivity contribution in [2.24, 2.45) is 0 Å². The lowest BCUT2D eigenvalue weighted by molar-refractivity contribution is 0.101. The van der Waals surface area contributed by atoms with Crippen molar-refractivity contribution >= 4 is 23.2 Å². The Bertz CT molecular complexity index is 1130. The van der Waals surface area contributed by atoms with E-state index < -0.39 is 5.82 Å².